The predicted molar refractivity (Wildman–Crippen MR) is 67.0 cm³/mol. The maximum absolute atomic E-state index is 12.2. The summed E-state index contributed by atoms with van der Waals surface area (Å²) in [7, 11) is 0. The fourth-order valence-electron chi connectivity index (χ4n) is 2.12. The lowest BCUT2D eigenvalue weighted by atomic mass is 10.0. The highest BCUT2D eigenvalue weighted by Crippen LogP contribution is 2.28. The Morgan fingerprint density at radius 3 is 2.78 bits per heavy atom. The van der Waals surface area contributed by atoms with Crippen molar-refractivity contribution in [3.8, 4) is 0 Å². The van der Waals surface area contributed by atoms with E-state index in [2.05, 4.69) is 5.32 Å². The van der Waals surface area contributed by atoms with Gasteiger partial charge in [-0.1, -0.05) is 0 Å². The second-order valence-electron chi connectivity index (χ2n) is 5.73. The van der Waals surface area contributed by atoms with Crippen LogP contribution in [0.3, 0.4) is 0 Å². The predicted octanol–water partition coefficient (Wildman–Crippen LogP) is 0.540. The molecule has 0 bridgehead atoms. The first-order valence-electron chi connectivity index (χ1n) is 6.67. The lowest BCUT2D eigenvalue weighted by Gasteiger charge is -2.28. The standard InChI is InChI=1S/C13H22N2O3/c1-13(2)12(17)15(6-5-11(16)14-13)7-8-18-9-10-3-4-10/h10H,3-9H2,1-2H3,(H,14,16). The van der Waals surface area contributed by atoms with Crippen LogP contribution in [-0.2, 0) is 14.3 Å². The number of nitrogens with zero attached hydrogens (tertiary/aromatic N) is 1. The van der Waals surface area contributed by atoms with Crippen LogP contribution in [0.4, 0.5) is 0 Å². The molecular formula is C13H22N2O3. The minimum atomic E-state index is -0.802. The van der Waals surface area contributed by atoms with Crippen molar-refractivity contribution in [1.29, 1.82) is 0 Å². The van der Waals surface area contributed by atoms with Crippen LogP contribution in [0, 0.1) is 5.92 Å². The molecule has 5 heteroatoms. The molecule has 0 aromatic rings. The largest absolute Gasteiger partial charge is 0.379 e. The Balaban J connectivity index is 1.81. The normalized spacial score (nSPS) is 23.8. The molecule has 1 heterocycles. The van der Waals surface area contributed by atoms with Crippen molar-refractivity contribution >= 4 is 11.8 Å². The summed E-state index contributed by atoms with van der Waals surface area (Å²) in [6.07, 6.45) is 2.92. The van der Waals surface area contributed by atoms with Crippen molar-refractivity contribution in [3.63, 3.8) is 0 Å². The second-order valence-corrected chi connectivity index (χ2v) is 5.73. The summed E-state index contributed by atoms with van der Waals surface area (Å²) in [6.45, 7) is 5.92. The Hall–Kier alpha value is -1.10. The number of hydrogen-bond acceptors (Lipinski definition) is 3. The van der Waals surface area contributed by atoms with Gasteiger partial charge in [-0.2, -0.15) is 0 Å². The minimum absolute atomic E-state index is 0.0247. The SMILES string of the molecule is CC1(C)NC(=O)CCN(CCOCC2CC2)C1=O. The molecule has 1 saturated heterocycles. The van der Waals surface area contributed by atoms with Gasteiger partial charge in [0, 0.05) is 26.1 Å². The second kappa shape index (κ2) is 5.26. The number of ether oxygens (including phenoxy) is 1. The molecule has 1 N–H and O–H groups in total. The van der Waals surface area contributed by atoms with Crippen LogP contribution in [0.2, 0.25) is 0 Å². The lowest BCUT2D eigenvalue weighted by Crippen LogP contribution is -2.53. The van der Waals surface area contributed by atoms with Gasteiger partial charge >= 0.3 is 0 Å². The average Bonchev–Trinajstić information content (AvgIpc) is 3.10. The van der Waals surface area contributed by atoms with Crippen molar-refractivity contribution in [3.05, 3.63) is 0 Å². The van der Waals surface area contributed by atoms with Gasteiger partial charge in [-0.15, -0.1) is 0 Å². The number of hydrogen-bond donors (Lipinski definition) is 1. The Labute approximate surface area is 108 Å². The van der Waals surface area contributed by atoms with E-state index in [1.807, 2.05) is 0 Å². The van der Waals surface area contributed by atoms with E-state index < -0.39 is 5.54 Å². The molecule has 2 rings (SSSR count). The number of nitrogens with one attached hydrogen (secondary N) is 1. The van der Waals surface area contributed by atoms with Gasteiger partial charge in [0.25, 0.3) is 0 Å². The summed E-state index contributed by atoms with van der Waals surface area (Å²) in [6, 6.07) is 0. The van der Waals surface area contributed by atoms with E-state index in [1.165, 1.54) is 12.8 Å². The van der Waals surface area contributed by atoms with Crippen molar-refractivity contribution in [1.82, 2.24) is 10.2 Å². The topological polar surface area (TPSA) is 58.6 Å². The monoisotopic (exact) mass is 254 g/mol. The Morgan fingerprint density at radius 1 is 1.39 bits per heavy atom. The first-order chi connectivity index (χ1) is 8.49. The van der Waals surface area contributed by atoms with Gasteiger partial charge in [-0.25, -0.2) is 0 Å². The van der Waals surface area contributed by atoms with E-state index in [1.54, 1.807) is 18.7 Å². The molecule has 0 radical (unpaired) electrons. The summed E-state index contributed by atoms with van der Waals surface area (Å²) in [5.41, 5.74) is -0.802. The van der Waals surface area contributed by atoms with Crippen LogP contribution >= 0.6 is 0 Å². The van der Waals surface area contributed by atoms with Gasteiger partial charge in [-0.3, -0.25) is 9.59 Å². The first-order valence-corrected chi connectivity index (χ1v) is 6.67. The first kappa shape index (κ1) is 13.3. The third kappa shape index (κ3) is 3.45. The highest BCUT2D eigenvalue weighted by Gasteiger charge is 2.36. The van der Waals surface area contributed by atoms with Crippen LogP contribution in [0.25, 0.3) is 0 Å². The van der Waals surface area contributed by atoms with E-state index >= 15 is 0 Å². The smallest absolute Gasteiger partial charge is 0.247 e. The molecule has 1 saturated carbocycles. The molecule has 2 fully saturated rings. The van der Waals surface area contributed by atoms with Gasteiger partial charge in [0.1, 0.15) is 5.54 Å². The van der Waals surface area contributed by atoms with Gasteiger partial charge < -0.3 is 15.0 Å². The molecule has 1 aliphatic carbocycles. The Kier molecular flexibility index (Phi) is 3.90. The summed E-state index contributed by atoms with van der Waals surface area (Å²) >= 11 is 0. The van der Waals surface area contributed by atoms with E-state index in [9.17, 15) is 9.59 Å². The quantitative estimate of drug-likeness (QED) is 0.729. The van der Waals surface area contributed by atoms with Crippen molar-refractivity contribution in [2.45, 2.75) is 38.6 Å². The van der Waals surface area contributed by atoms with E-state index in [0.717, 1.165) is 12.5 Å². The molecular weight excluding hydrogens is 232 g/mol. The number of carbonyl (C=O) groups excluding carboxylic acids is 2. The maximum atomic E-state index is 12.2. The van der Waals surface area contributed by atoms with Crippen molar-refractivity contribution in [2.24, 2.45) is 5.92 Å². The molecule has 2 amide bonds. The van der Waals surface area contributed by atoms with Gasteiger partial charge in [0.15, 0.2) is 0 Å². The van der Waals surface area contributed by atoms with E-state index in [-0.39, 0.29) is 11.8 Å². The number of carbonyl (C=O) groups is 2. The molecule has 0 aromatic carbocycles. The third-order valence-electron chi connectivity index (χ3n) is 3.44. The Morgan fingerprint density at radius 2 is 2.11 bits per heavy atom. The zero-order chi connectivity index (χ0) is 13.2. The molecule has 2 aliphatic rings. The third-order valence-corrected chi connectivity index (χ3v) is 3.44. The van der Waals surface area contributed by atoms with Crippen LogP contribution in [0.5, 0.6) is 0 Å². The summed E-state index contributed by atoms with van der Waals surface area (Å²) < 4.78 is 5.55. The zero-order valence-corrected chi connectivity index (χ0v) is 11.2. The number of amides is 2. The van der Waals surface area contributed by atoms with Gasteiger partial charge in [0.2, 0.25) is 11.8 Å². The van der Waals surface area contributed by atoms with E-state index in [4.69, 9.17) is 4.74 Å². The number of rotatable bonds is 5. The highest BCUT2D eigenvalue weighted by molar-refractivity contribution is 5.92. The zero-order valence-electron chi connectivity index (χ0n) is 11.2. The molecule has 0 unspecified atom stereocenters. The van der Waals surface area contributed by atoms with Crippen LogP contribution < -0.4 is 5.32 Å². The van der Waals surface area contributed by atoms with Gasteiger partial charge in [0.05, 0.1) is 6.61 Å². The summed E-state index contributed by atoms with van der Waals surface area (Å²) in [5, 5.41) is 2.75. The van der Waals surface area contributed by atoms with Crippen LogP contribution in [0.15, 0.2) is 0 Å². The molecule has 18 heavy (non-hydrogen) atoms. The molecule has 102 valence electrons. The van der Waals surface area contributed by atoms with Crippen molar-refractivity contribution < 1.29 is 14.3 Å². The Bertz CT molecular complexity index is 337. The summed E-state index contributed by atoms with van der Waals surface area (Å²) in [4.78, 5) is 25.4. The highest BCUT2D eigenvalue weighted by atomic mass is 16.5. The van der Waals surface area contributed by atoms with E-state index in [0.29, 0.717) is 26.1 Å². The molecule has 0 atom stereocenters. The molecule has 1 aliphatic heterocycles. The lowest BCUT2D eigenvalue weighted by molar-refractivity contribution is -0.138. The molecule has 0 spiro atoms. The molecule has 5 nitrogen and oxygen atoms in total. The maximum Gasteiger partial charge on any atom is 0.247 e. The summed E-state index contributed by atoms with van der Waals surface area (Å²) in [5.74, 6) is 0.655. The minimum Gasteiger partial charge on any atom is -0.379 e. The van der Waals surface area contributed by atoms with Crippen molar-refractivity contribution in [2.75, 3.05) is 26.3 Å². The fraction of sp³-hybridized carbons (Fsp3) is 0.846. The van der Waals surface area contributed by atoms with Crippen LogP contribution in [0.1, 0.15) is 33.1 Å². The van der Waals surface area contributed by atoms with Gasteiger partial charge in [-0.05, 0) is 32.6 Å². The van der Waals surface area contributed by atoms with Crippen LogP contribution in [-0.4, -0.2) is 48.6 Å². The fourth-order valence-corrected chi connectivity index (χ4v) is 2.12. The average molecular weight is 254 g/mol. The molecule has 0 aromatic heterocycles.